The van der Waals surface area contributed by atoms with Crippen molar-refractivity contribution < 1.29 is 14.2 Å². The predicted octanol–water partition coefficient (Wildman–Crippen LogP) is 1.20. The monoisotopic (exact) mass is 215 g/mol. The van der Waals surface area contributed by atoms with Crippen molar-refractivity contribution >= 4 is 0 Å². The van der Waals surface area contributed by atoms with Crippen molar-refractivity contribution in [2.45, 2.75) is 51.2 Å². The Morgan fingerprint density at radius 2 is 2.27 bits per heavy atom. The van der Waals surface area contributed by atoms with E-state index in [0.29, 0.717) is 19.4 Å². The predicted molar refractivity (Wildman–Crippen MR) is 56.5 cm³/mol. The zero-order valence-corrected chi connectivity index (χ0v) is 10.0. The van der Waals surface area contributed by atoms with Gasteiger partial charge in [-0.3, -0.25) is 4.90 Å². The molecular weight excluding hydrogens is 194 g/mol. The van der Waals surface area contributed by atoms with Crippen LogP contribution in [0.3, 0.4) is 0 Å². The molecule has 88 valence electrons. The lowest BCUT2D eigenvalue weighted by Crippen LogP contribution is -2.56. The van der Waals surface area contributed by atoms with Crippen molar-refractivity contribution in [2.24, 2.45) is 0 Å². The van der Waals surface area contributed by atoms with E-state index in [1.807, 2.05) is 6.92 Å². The molecule has 4 nitrogen and oxygen atoms in total. The largest absolute Gasteiger partial charge is 0.358 e. The van der Waals surface area contributed by atoms with Gasteiger partial charge in [0.25, 0.3) is 0 Å². The highest BCUT2D eigenvalue weighted by atomic mass is 16.7. The fourth-order valence-electron chi connectivity index (χ4n) is 2.89. The molecule has 0 aromatic rings. The summed E-state index contributed by atoms with van der Waals surface area (Å²) in [5.74, 6) is 0. The molecule has 0 aromatic carbocycles. The summed E-state index contributed by atoms with van der Waals surface area (Å²) in [6, 6.07) is 0.342. The number of hydrogen-bond acceptors (Lipinski definition) is 4. The molecule has 0 aromatic heterocycles. The van der Waals surface area contributed by atoms with Crippen LogP contribution in [0.5, 0.6) is 0 Å². The van der Waals surface area contributed by atoms with Gasteiger partial charge < -0.3 is 14.2 Å². The third kappa shape index (κ3) is 1.91. The van der Waals surface area contributed by atoms with Gasteiger partial charge in [0.15, 0.2) is 6.29 Å². The van der Waals surface area contributed by atoms with Gasteiger partial charge in [-0.2, -0.15) is 0 Å². The van der Waals surface area contributed by atoms with Crippen LogP contribution in [0.2, 0.25) is 0 Å². The number of nitrogens with zero attached hydrogens (tertiary/aromatic N) is 1. The van der Waals surface area contributed by atoms with Crippen molar-refractivity contribution in [3.8, 4) is 0 Å². The molecule has 0 spiro atoms. The molecule has 0 amide bonds. The van der Waals surface area contributed by atoms with Gasteiger partial charge in [-0.25, -0.2) is 0 Å². The molecule has 2 saturated heterocycles. The van der Waals surface area contributed by atoms with Crippen LogP contribution < -0.4 is 0 Å². The minimum atomic E-state index is -0.119. The first kappa shape index (κ1) is 11.3. The zero-order chi connectivity index (χ0) is 11.1. The third-order valence-electron chi connectivity index (χ3n) is 3.43. The fraction of sp³-hybridized carbons (Fsp3) is 1.00. The highest BCUT2D eigenvalue weighted by Gasteiger charge is 2.52. The van der Waals surface area contributed by atoms with Gasteiger partial charge in [0.1, 0.15) is 0 Å². The average molecular weight is 215 g/mol. The van der Waals surface area contributed by atoms with Crippen molar-refractivity contribution in [3.05, 3.63) is 0 Å². The Bertz CT molecular complexity index is 236. The van der Waals surface area contributed by atoms with Crippen LogP contribution in [0.15, 0.2) is 0 Å². The molecule has 0 radical (unpaired) electrons. The Labute approximate surface area is 91.5 Å². The summed E-state index contributed by atoms with van der Waals surface area (Å²) in [6.45, 7) is 7.62. The van der Waals surface area contributed by atoms with Crippen LogP contribution in [0.25, 0.3) is 0 Å². The first-order valence-electron chi connectivity index (χ1n) is 5.68. The maximum Gasteiger partial charge on any atom is 0.160 e. The normalized spacial score (nSPS) is 46.8. The van der Waals surface area contributed by atoms with Gasteiger partial charge in [0.2, 0.25) is 0 Å². The van der Waals surface area contributed by atoms with Gasteiger partial charge in [0.05, 0.1) is 24.5 Å². The Kier molecular flexibility index (Phi) is 3.03. The number of hydrogen-bond donors (Lipinski definition) is 0. The zero-order valence-electron chi connectivity index (χ0n) is 10.0. The van der Waals surface area contributed by atoms with E-state index in [-0.39, 0.29) is 18.0 Å². The van der Waals surface area contributed by atoms with E-state index in [9.17, 15) is 0 Å². The van der Waals surface area contributed by atoms with Gasteiger partial charge in [-0.15, -0.1) is 0 Å². The van der Waals surface area contributed by atoms with Gasteiger partial charge >= 0.3 is 0 Å². The molecule has 2 aliphatic heterocycles. The summed E-state index contributed by atoms with van der Waals surface area (Å²) < 4.78 is 17.2. The summed E-state index contributed by atoms with van der Waals surface area (Å²) in [7, 11) is 2.08. The maximum absolute atomic E-state index is 5.87. The summed E-state index contributed by atoms with van der Waals surface area (Å²) in [5.41, 5.74) is -0.119. The molecule has 2 heterocycles. The van der Waals surface area contributed by atoms with E-state index >= 15 is 0 Å². The van der Waals surface area contributed by atoms with Crippen molar-refractivity contribution in [1.29, 1.82) is 0 Å². The maximum atomic E-state index is 5.87. The second kappa shape index (κ2) is 4.01. The molecule has 0 saturated carbocycles. The molecule has 15 heavy (non-hydrogen) atoms. The lowest BCUT2D eigenvalue weighted by Gasteiger charge is -2.43. The molecule has 0 bridgehead atoms. The number of likely N-dealkylation sites (N-methyl/N-ethyl adjacent to an activating group) is 1. The van der Waals surface area contributed by atoms with E-state index < -0.39 is 0 Å². The topological polar surface area (TPSA) is 30.9 Å². The summed E-state index contributed by atoms with van der Waals surface area (Å²) in [6.07, 6.45) is 0.866. The molecule has 0 aliphatic carbocycles. The van der Waals surface area contributed by atoms with E-state index in [4.69, 9.17) is 14.2 Å². The van der Waals surface area contributed by atoms with Crippen LogP contribution >= 0.6 is 0 Å². The SMILES string of the molecule is CCO[C@H]1C[C@]2(C)OCN(C)[C@@H]2[C@H](C)O1. The van der Waals surface area contributed by atoms with Gasteiger partial charge in [0, 0.05) is 13.0 Å². The third-order valence-corrected chi connectivity index (χ3v) is 3.43. The molecule has 4 heteroatoms. The Morgan fingerprint density at radius 3 is 2.93 bits per heavy atom. The quantitative estimate of drug-likeness (QED) is 0.692. The fourth-order valence-corrected chi connectivity index (χ4v) is 2.89. The average Bonchev–Trinajstić information content (AvgIpc) is 2.43. The van der Waals surface area contributed by atoms with Gasteiger partial charge in [-0.1, -0.05) is 0 Å². The molecule has 2 aliphatic rings. The number of fused-ring (bicyclic) bond motifs is 1. The first-order valence-corrected chi connectivity index (χ1v) is 5.68. The highest BCUT2D eigenvalue weighted by molar-refractivity contribution is 5.01. The van der Waals surface area contributed by atoms with Crippen LogP contribution in [-0.2, 0) is 14.2 Å². The number of ether oxygens (including phenoxy) is 3. The van der Waals surface area contributed by atoms with Crippen LogP contribution in [0, 0.1) is 0 Å². The Balaban J connectivity index is 2.10. The molecular formula is C11H21NO3. The second-order valence-electron chi connectivity index (χ2n) is 4.72. The van der Waals surface area contributed by atoms with E-state index in [1.165, 1.54) is 0 Å². The molecule has 0 unspecified atom stereocenters. The van der Waals surface area contributed by atoms with Crippen molar-refractivity contribution in [2.75, 3.05) is 20.4 Å². The minimum Gasteiger partial charge on any atom is -0.358 e. The lowest BCUT2D eigenvalue weighted by atomic mass is 9.86. The molecule has 2 fully saturated rings. The standard InChI is InChI=1S/C11H21NO3/c1-5-13-9-6-11(3)10(8(2)15-9)12(4)7-14-11/h8-10H,5-7H2,1-4H3/t8-,9+,10+,11-/m0/s1. The Morgan fingerprint density at radius 1 is 1.53 bits per heavy atom. The van der Waals surface area contributed by atoms with E-state index in [2.05, 4.69) is 25.8 Å². The number of rotatable bonds is 2. The summed E-state index contributed by atoms with van der Waals surface area (Å²) in [4.78, 5) is 2.22. The smallest absolute Gasteiger partial charge is 0.160 e. The summed E-state index contributed by atoms with van der Waals surface area (Å²) in [5, 5.41) is 0. The molecule has 0 N–H and O–H groups in total. The highest BCUT2D eigenvalue weighted by Crippen LogP contribution is 2.39. The van der Waals surface area contributed by atoms with E-state index in [0.717, 1.165) is 6.42 Å². The van der Waals surface area contributed by atoms with Crippen molar-refractivity contribution in [1.82, 2.24) is 4.90 Å². The van der Waals surface area contributed by atoms with Gasteiger partial charge in [-0.05, 0) is 27.8 Å². The lowest BCUT2D eigenvalue weighted by molar-refractivity contribution is -0.235. The van der Waals surface area contributed by atoms with Crippen LogP contribution in [0.1, 0.15) is 27.2 Å². The van der Waals surface area contributed by atoms with Crippen LogP contribution in [0.4, 0.5) is 0 Å². The molecule has 2 rings (SSSR count). The van der Waals surface area contributed by atoms with E-state index in [1.54, 1.807) is 0 Å². The minimum absolute atomic E-state index is 0.113. The van der Waals surface area contributed by atoms with Crippen LogP contribution in [-0.4, -0.2) is 49.3 Å². The molecule has 4 atom stereocenters. The first-order chi connectivity index (χ1) is 7.07. The Hall–Kier alpha value is -0.160. The summed E-state index contributed by atoms with van der Waals surface area (Å²) >= 11 is 0. The van der Waals surface area contributed by atoms with Crippen molar-refractivity contribution in [3.63, 3.8) is 0 Å². The second-order valence-corrected chi connectivity index (χ2v) is 4.72.